The van der Waals surface area contributed by atoms with Crippen molar-refractivity contribution >= 4 is 5.97 Å². The van der Waals surface area contributed by atoms with Crippen molar-refractivity contribution in [3.05, 3.63) is 66.2 Å². The number of carbonyl (C=O) groups is 1. The normalized spacial score (nSPS) is 24.5. The SMILES string of the molecule is COc1ccc(-c2ccc(CO[C@H]3C[C@H](O)[C@H](N4CCCCC4)[C@H]3CCC=CCCC(=O)O)cc2)cc1. The Hall–Kier alpha value is -2.67. The molecule has 4 atom stereocenters. The number of methoxy groups -OCH3 is 1. The van der Waals surface area contributed by atoms with E-state index in [1.807, 2.05) is 18.2 Å². The van der Waals surface area contributed by atoms with Gasteiger partial charge >= 0.3 is 5.97 Å². The summed E-state index contributed by atoms with van der Waals surface area (Å²) in [6, 6.07) is 16.7. The average Bonchev–Trinajstić information content (AvgIpc) is 3.24. The fraction of sp³-hybridized carbons (Fsp3) is 0.516. The molecule has 2 aromatic rings. The van der Waals surface area contributed by atoms with Crippen molar-refractivity contribution in [2.75, 3.05) is 20.2 Å². The van der Waals surface area contributed by atoms with Gasteiger partial charge in [-0.05, 0) is 74.0 Å². The van der Waals surface area contributed by atoms with Gasteiger partial charge < -0.3 is 19.7 Å². The van der Waals surface area contributed by atoms with Gasteiger partial charge in [-0.25, -0.2) is 0 Å². The molecule has 1 saturated heterocycles. The van der Waals surface area contributed by atoms with Crippen LogP contribution in [0, 0.1) is 5.92 Å². The van der Waals surface area contributed by atoms with Crippen LogP contribution in [0.2, 0.25) is 0 Å². The lowest BCUT2D eigenvalue weighted by atomic mass is 9.92. The van der Waals surface area contributed by atoms with Gasteiger partial charge in [-0.15, -0.1) is 0 Å². The van der Waals surface area contributed by atoms with E-state index in [1.54, 1.807) is 7.11 Å². The Balaban J connectivity index is 1.37. The fourth-order valence-corrected chi connectivity index (χ4v) is 5.85. The number of aliphatic hydroxyl groups is 1. The highest BCUT2D eigenvalue weighted by atomic mass is 16.5. The van der Waals surface area contributed by atoms with E-state index in [4.69, 9.17) is 14.6 Å². The number of hydrogen-bond donors (Lipinski definition) is 2. The number of carboxylic acid groups (broad SMARTS) is 1. The molecular formula is C31H41NO5. The number of ether oxygens (including phenoxy) is 2. The predicted molar refractivity (Wildman–Crippen MR) is 146 cm³/mol. The zero-order valence-electron chi connectivity index (χ0n) is 21.9. The molecule has 0 unspecified atom stereocenters. The molecule has 1 aliphatic heterocycles. The summed E-state index contributed by atoms with van der Waals surface area (Å²) in [7, 11) is 1.67. The summed E-state index contributed by atoms with van der Waals surface area (Å²) in [5, 5.41) is 19.9. The van der Waals surface area contributed by atoms with Crippen LogP contribution in [0.25, 0.3) is 11.1 Å². The third-order valence-corrected chi connectivity index (χ3v) is 7.80. The Morgan fingerprint density at radius 2 is 1.62 bits per heavy atom. The number of aliphatic carboxylic acids is 1. The third-order valence-electron chi connectivity index (χ3n) is 7.80. The molecule has 0 aromatic heterocycles. The Kier molecular flexibility index (Phi) is 10.2. The van der Waals surface area contributed by atoms with Gasteiger partial charge in [0.1, 0.15) is 5.75 Å². The number of benzene rings is 2. The molecule has 4 rings (SSSR count). The molecule has 200 valence electrons. The smallest absolute Gasteiger partial charge is 0.303 e. The number of aliphatic hydroxyl groups excluding tert-OH is 1. The van der Waals surface area contributed by atoms with Gasteiger partial charge in [0.05, 0.1) is 25.9 Å². The summed E-state index contributed by atoms with van der Waals surface area (Å²) in [6.07, 6.45) is 10.5. The first-order valence-electron chi connectivity index (χ1n) is 13.7. The highest BCUT2D eigenvalue weighted by Gasteiger charge is 2.45. The number of nitrogens with zero attached hydrogens (tertiary/aromatic N) is 1. The summed E-state index contributed by atoms with van der Waals surface area (Å²) in [5.41, 5.74) is 3.42. The standard InChI is InChI=1S/C31H41NO5/c1-36-26-17-15-25(16-18-26)24-13-11-23(12-14-24)22-37-29-21-28(33)31(32-19-7-4-8-20-32)27(29)9-5-2-3-6-10-30(34)35/h2-3,11-18,27-29,31,33H,4-10,19-22H2,1H3,(H,34,35)/t27-,28-,29-,31+/m0/s1. The first-order valence-corrected chi connectivity index (χ1v) is 13.7. The summed E-state index contributed by atoms with van der Waals surface area (Å²) in [6.45, 7) is 2.62. The quantitative estimate of drug-likeness (QED) is 0.360. The molecule has 2 aliphatic rings. The van der Waals surface area contributed by atoms with E-state index in [0.29, 0.717) is 19.4 Å². The number of allylic oxidation sites excluding steroid dienone is 2. The molecule has 2 aromatic carbocycles. The lowest BCUT2D eigenvalue weighted by Crippen LogP contribution is -2.47. The van der Waals surface area contributed by atoms with Crippen LogP contribution in [0.4, 0.5) is 0 Å². The van der Waals surface area contributed by atoms with Crippen molar-refractivity contribution in [3.8, 4) is 16.9 Å². The molecule has 37 heavy (non-hydrogen) atoms. The summed E-state index contributed by atoms with van der Waals surface area (Å²) >= 11 is 0. The summed E-state index contributed by atoms with van der Waals surface area (Å²) in [4.78, 5) is 13.2. The Morgan fingerprint density at radius 3 is 2.27 bits per heavy atom. The molecule has 0 spiro atoms. The van der Waals surface area contributed by atoms with Crippen molar-refractivity contribution in [2.24, 2.45) is 5.92 Å². The van der Waals surface area contributed by atoms with Crippen LogP contribution >= 0.6 is 0 Å². The van der Waals surface area contributed by atoms with Crippen molar-refractivity contribution < 1.29 is 24.5 Å². The van der Waals surface area contributed by atoms with Crippen LogP contribution in [0.15, 0.2) is 60.7 Å². The van der Waals surface area contributed by atoms with Gasteiger partial charge in [-0.3, -0.25) is 9.69 Å². The maximum Gasteiger partial charge on any atom is 0.303 e. The van der Waals surface area contributed by atoms with E-state index >= 15 is 0 Å². The fourth-order valence-electron chi connectivity index (χ4n) is 5.85. The molecule has 2 N–H and O–H groups in total. The number of piperidine rings is 1. The van der Waals surface area contributed by atoms with Crippen LogP contribution < -0.4 is 4.74 Å². The average molecular weight is 508 g/mol. The van der Waals surface area contributed by atoms with Gasteiger partial charge in [0, 0.05) is 24.8 Å². The maximum absolute atomic E-state index is 11.1. The van der Waals surface area contributed by atoms with Crippen LogP contribution in [-0.4, -0.2) is 59.5 Å². The van der Waals surface area contributed by atoms with E-state index < -0.39 is 5.97 Å². The minimum absolute atomic E-state index is 0.00982. The van der Waals surface area contributed by atoms with Gasteiger partial charge in [-0.2, -0.15) is 0 Å². The molecule has 2 fully saturated rings. The van der Waals surface area contributed by atoms with E-state index in [2.05, 4.69) is 47.4 Å². The van der Waals surface area contributed by atoms with Crippen molar-refractivity contribution in [2.45, 2.75) is 76.2 Å². The van der Waals surface area contributed by atoms with Gasteiger partial charge in [0.15, 0.2) is 0 Å². The van der Waals surface area contributed by atoms with Gasteiger partial charge in [0.2, 0.25) is 0 Å². The van der Waals surface area contributed by atoms with E-state index in [-0.39, 0.29) is 30.6 Å². The Morgan fingerprint density at radius 1 is 0.973 bits per heavy atom. The van der Waals surface area contributed by atoms with E-state index in [1.165, 1.54) is 19.3 Å². The highest BCUT2D eigenvalue weighted by Crippen LogP contribution is 2.38. The van der Waals surface area contributed by atoms with E-state index in [0.717, 1.165) is 48.4 Å². The molecule has 0 radical (unpaired) electrons. The highest BCUT2D eigenvalue weighted by molar-refractivity contribution is 5.66. The van der Waals surface area contributed by atoms with Crippen molar-refractivity contribution in [3.63, 3.8) is 0 Å². The third kappa shape index (κ3) is 7.67. The topological polar surface area (TPSA) is 79.2 Å². The zero-order valence-corrected chi connectivity index (χ0v) is 21.9. The molecule has 0 amide bonds. The second-order valence-electron chi connectivity index (χ2n) is 10.3. The van der Waals surface area contributed by atoms with Crippen molar-refractivity contribution in [1.82, 2.24) is 4.90 Å². The molecule has 1 saturated carbocycles. The van der Waals surface area contributed by atoms with Crippen LogP contribution in [-0.2, 0) is 16.1 Å². The summed E-state index contributed by atoms with van der Waals surface area (Å²) in [5.74, 6) is 0.343. The first kappa shape index (κ1) is 27.4. The van der Waals surface area contributed by atoms with E-state index in [9.17, 15) is 9.90 Å². The number of rotatable bonds is 12. The number of likely N-dealkylation sites (tertiary alicyclic amines) is 1. The second-order valence-corrected chi connectivity index (χ2v) is 10.3. The molecule has 1 heterocycles. The molecule has 1 aliphatic carbocycles. The van der Waals surface area contributed by atoms with Crippen LogP contribution in [0.5, 0.6) is 5.75 Å². The monoisotopic (exact) mass is 507 g/mol. The summed E-state index contributed by atoms with van der Waals surface area (Å²) < 4.78 is 11.7. The number of hydrogen-bond acceptors (Lipinski definition) is 5. The molecule has 6 heteroatoms. The zero-order chi connectivity index (χ0) is 26.0. The lowest BCUT2D eigenvalue weighted by Gasteiger charge is -2.38. The molecule has 0 bridgehead atoms. The minimum atomic E-state index is -0.765. The lowest BCUT2D eigenvalue weighted by molar-refractivity contribution is -0.136. The largest absolute Gasteiger partial charge is 0.497 e. The van der Waals surface area contributed by atoms with Crippen LogP contribution in [0.3, 0.4) is 0 Å². The van der Waals surface area contributed by atoms with Crippen LogP contribution in [0.1, 0.15) is 56.9 Å². The predicted octanol–water partition coefficient (Wildman–Crippen LogP) is 5.68. The number of carboxylic acids is 1. The molecule has 6 nitrogen and oxygen atoms in total. The van der Waals surface area contributed by atoms with Gasteiger partial charge in [0.25, 0.3) is 0 Å². The molecular weight excluding hydrogens is 466 g/mol. The maximum atomic E-state index is 11.1. The minimum Gasteiger partial charge on any atom is -0.497 e. The Bertz CT molecular complexity index is 997. The first-order chi connectivity index (χ1) is 18.0. The second kappa shape index (κ2) is 13.8. The Labute approximate surface area is 220 Å². The van der Waals surface area contributed by atoms with Gasteiger partial charge in [-0.1, -0.05) is 55.0 Å². The van der Waals surface area contributed by atoms with Crippen molar-refractivity contribution in [1.29, 1.82) is 0 Å².